The molecule has 0 aliphatic carbocycles. The highest BCUT2D eigenvalue weighted by atomic mass is 16.5. The zero-order chi connectivity index (χ0) is 17.7. The van der Waals surface area contributed by atoms with Crippen LogP contribution in [0.3, 0.4) is 0 Å². The molecular formula is C16H26N6O2. The standard InChI is InChI=1S/C16H26N6O2/c1-6-12(5)22-14(9-11(4)20-22)19-16(23)17-8-7-13-18-15(10(2)3)24-21-13/h9-10,12H,6-8H2,1-5H3,(H2,17,19,23)/t12-/m1/s1. The van der Waals surface area contributed by atoms with Crippen LogP contribution in [0.15, 0.2) is 10.6 Å². The van der Waals surface area contributed by atoms with E-state index < -0.39 is 0 Å². The van der Waals surface area contributed by atoms with E-state index in [1.54, 1.807) is 0 Å². The van der Waals surface area contributed by atoms with Gasteiger partial charge in [0.1, 0.15) is 5.82 Å². The molecule has 0 unspecified atom stereocenters. The molecule has 0 spiro atoms. The predicted molar refractivity (Wildman–Crippen MR) is 91.1 cm³/mol. The van der Waals surface area contributed by atoms with Crippen LogP contribution in [0.2, 0.25) is 0 Å². The van der Waals surface area contributed by atoms with Gasteiger partial charge >= 0.3 is 6.03 Å². The minimum atomic E-state index is -0.271. The summed E-state index contributed by atoms with van der Waals surface area (Å²) in [7, 11) is 0. The number of carbonyl (C=O) groups is 1. The summed E-state index contributed by atoms with van der Waals surface area (Å²) >= 11 is 0. The number of hydrogen-bond acceptors (Lipinski definition) is 5. The minimum Gasteiger partial charge on any atom is -0.339 e. The van der Waals surface area contributed by atoms with Gasteiger partial charge in [0.15, 0.2) is 5.82 Å². The Bertz CT molecular complexity index is 676. The SMILES string of the molecule is CC[C@@H](C)n1nc(C)cc1NC(=O)NCCc1noc(C(C)C)n1. The first-order valence-electron chi connectivity index (χ1n) is 8.34. The van der Waals surface area contributed by atoms with Gasteiger partial charge in [-0.15, -0.1) is 0 Å². The van der Waals surface area contributed by atoms with Crippen LogP contribution in [0.4, 0.5) is 10.6 Å². The topological polar surface area (TPSA) is 97.9 Å². The predicted octanol–water partition coefficient (Wildman–Crippen LogP) is 3.03. The molecule has 1 atom stereocenters. The Morgan fingerprint density at radius 3 is 2.75 bits per heavy atom. The fourth-order valence-corrected chi connectivity index (χ4v) is 2.17. The highest BCUT2D eigenvalue weighted by Gasteiger charge is 2.13. The molecule has 0 saturated carbocycles. The van der Waals surface area contributed by atoms with E-state index in [0.717, 1.165) is 12.1 Å². The fourth-order valence-electron chi connectivity index (χ4n) is 2.17. The second kappa shape index (κ2) is 7.94. The van der Waals surface area contributed by atoms with Crippen molar-refractivity contribution in [2.45, 2.75) is 59.4 Å². The number of carbonyl (C=O) groups excluding carboxylic acids is 1. The number of aryl methyl sites for hydroxylation is 1. The van der Waals surface area contributed by atoms with Crippen LogP contribution in [-0.2, 0) is 6.42 Å². The Kier molecular flexibility index (Phi) is 5.94. The maximum Gasteiger partial charge on any atom is 0.320 e. The summed E-state index contributed by atoms with van der Waals surface area (Å²) in [5.41, 5.74) is 0.874. The molecule has 2 heterocycles. The lowest BCUT2D eigenvalue weighted by Crippen LogP contribution is -2.31. The van der Waals surface area contributed by atoms with Crippen molar-refractivity contribution in [1.29, 1.82) is 0 Å². The van der Waals surface area contributed by atoms with Crippen molar-refractivity contribution in [3.63, 3.8) is 0 Å². The van der Waals surface area contributed by atoms with Crippen LogP contribution >= 0.6 is 0 Å². The molecule has 132 valence electrons. The number of nitrogens with one attached hydrogen (secondary N) is 2. The molecule has 8 nitrogen and oxygen atoms in total. The van der Waals surface area contributed by atoms with Crippen LogP contribution in [0.25, 0.3) is 0 Å². The molecule has 2 aromatic rings. The second-order valence-electron chi connectivity index (χ2n) is 6.21. The third-order valence-electron chi connectivity index (χ3n) is 3.72. The first kappa shape index (κ1) is 18.0. The minimum absolute atomic E-state index is 0.201. The number of anilines is 1. The number of aromatic nitrogens is 4. The van der Waals surface area contributed by atoms with Crippen molar-refractivity contribution >= 4 is 11.8 Å². The van der Waals surface area contributed by atoms with Crippen molar-refractivity contribution in [3.05, 3.63) is 23.5 Å². The quantitative estimate of drug-likeness (QED) is 0.811. The largest absolute Gasteiger partial charge is 0.339 e. The second-order valence-corrected chi connectivity index (χ2v) is 6.21. The molecular weight excluding hydrogens is 308 g/mol. The summed E-state index contributed by atoms with van der Waals surface area (Å²) in [6.07, 6.45) is 1.46. The maximum atomic E-state index is 12.1. The van der Waals surface area contributed by atoms with Gasteiger partial charge in [-0.1, -0.05) is 25.9 Å². The first-order valence-corrected chi connectivity index (χ1v) is 8.34. The number of nitrogens with zero attached hydrogens (tertiary/aromatic N) is 4. The number of hydrogen-bond donors (Lipinski definition) is 2. The third kappa shape index (κ3) is 4.56. The Balaban J connectivity index is 1.85. The molecule has 0 radical (unpaired) electrons. The lowest BCUT2D eigenvalue weighted by atomic mass is 10.2. The van der Waals surface area contributed by atoms with Crippen molar-refractivity contribution in [3.8, 4) is 0 Å². The number of rotatable bonds is 7. The van der Waals surface area contributed by atoms with Gasteiger partial charge in [0.25, 0.3) is 0 Å². The van der Waals surface area contributed by atoms with E-state index in [9.17, 15) is 4.79 Å². The summed E-state index contributed by atoms with van der Waals surface area (Å²) in [6, 6.07) is 1.81. The van der Waals surface area contributed by atoms with Gasteiger partial charge in [0.2, 0.25) is 5.89 Å². The summed E-state index contributed by atoms with van der Waals surface area (Å²) in [6.45, 7) is 10.5. The Labute approximate surface area is 142 Å². The summed E-state index contributed by atoms with van der Waals surface area (Å²) in [5.74, 6) is 2.11. The van der Waals surface area contributed by atoms with Gasteiger partial charge in [0.05, 0.1) is 11.7 Å². The number of amides is 2. The van der Waals surface area contributed by atoms with Crippen LogP contribution in [0, 0.1) is 6.92 Å². The number of urea groups is 1. The lowest BCUT2D eigenvalue weighted by molar-refractivity contribution is 0.252. The Morgan fingerprint density at radius 2 is 2.12 bits per heavy atom. The van der Waals surface area contributed by atoms with Gasteiger partial charge in [0, 0.05) is 24.9 Å². The molecule has 0 fully saturated rings. The van der Waals surface area contributed by atoms with Crippen molar-refractivity contribution in [2.75, 3.05) is 11.9 Å². The first-order chi connectivity index (χ1) is 11.4. The zero-order valence-electron chi connectivity index (χ0n) is 15.0. The Morgan fingerprint density at radius 1 is 1.38 bits per heavy atom. The fraction of sp³-hybridized carbons (Fsp3) is 0.625. The van der Waals surface area contributed by atoms with E-state index in [4.69, 9.17) is 4.52 Å². The lowest BCUT2D eigenvalue weighted by Gasteiger charge is -2.14. The van der Waals surface area contributed by atoms with Crippen molar-refractivity contribution in [1.82, 2.24) is 25.2 Å². The van der Waals surface area contributed by atoms with Gasteiger partial charge in [-0.2, -0.15) is 10.1 Å². The van der Waals surface area contributed by atoms with Crippen LogP contribution in [-0.4, -0.2) is 32.5 Å². The van der Waals surface area contributed by atoms with Crippen molar-refractivity contribution < 1.29 is 9.32 Å². The van der Waals surface area contributed by atoms with E-state index in [1.165, 1.54) is 0 Å². The van der Waals surface area contributed by atoms with Gasteiger partial charge in [-0.05, 0) is 20.3 Å². The normalized spacial score (nSPS) is 12.4. The molecule has 2 amide bonds. The molecule has 0 aromatic carbocycles. The van der Waals surface area contributed by atoms with Crippen LogP contribution in [0.1, 0.15) is 63.5 Å². The molecule has 2 N–H and O–H groups in total. The summed E-state index contributed by atoms with van der Waals surface area (Å²) < 4.78 is 6.97. The van der Waals surface area contributed by atoms with Crippen LogP contribution in [0.5, 0.6) is 0 Å². The van der Waals surface area contributed by atoms with Gasteiger partial charge in [-0.25, -0.2) is 9.48 Å². The molecule has 0 saturated heterocycles. The van der Waals surface area contributed by atoms with Crippen molar-refractivity contribution in [2.24, 2.45) is 0 Å². The third-order valence-corrected chi connectivity index (χ3v) is 3.72. The molecule has 8 heteroatoms. The molecule has 0 bridgehead atoms. The maximum absolute atomic E-state index is 12.1. The Hall–Kier alpha value is -2.38. The summed E-state index contributed by atoms with van der Waals surface area (Å²) in [5, 5.41) is 14.0. The molecule has 24 heavy (non-hydrogen) atoms. The van der Waals surface area contributed by atoms with E-state index in [0.29, 0.717) is 30.5 Å². The van der Waals surface area contributed by atoms with E-state index in [-0.39, 0.29) is 18.0 Å². The van der Waals surface area contributed by atoms with Crippen LogP contribution < -0.4 is 10.6 Å². The smallest absolute Gasteiger partial charge is 0.320 e. The van der Waals surface area contributed by atoms with Gasteiger partial charge < -0.3 is 9.84 Å². The van der Waals surface area contributed by atoms with E-state index in [2.05, 4.69) is 39.7 Å². The molecule has 2 rings (SSSR count). The average molecular weight is 334 g/mol. The summed E-state index contributed by atoms with van der Waals surface area (Å²) in [4.78, 5) is 16.3. The van der Waals surface area contributed by atoms with Gasteiger partial charge in [-0.3, -0.25) is 5.32 Å². The monoisotopic (exact) mass is 334 g/mol. The zero-order valence-corrected chi connectivity index (χ0v) is 15.0. The molecule has 0 aliphatic rings. The van der Waals surface area contributed by atoms with E-state index >= 15 is 0 Å². The molecule has 0 aliphatic heterocycles. The molecule has 2 aromatic heterocycles. The average Bonchev–Trinajstić information content (AvgIpc) is 3.13. The highest BCUT2D eigenvalue weighted by Crippen LogP contribution is 2.18. The van der Waals surface area contributed by atoms with E-state index in [1.807, 2.05) is 31.5 Å². The highest BCUT2D eigenvalue weighted by molar-refractivity contribution is 5.88.